The van der Waals surface area contributed by atoms with Crippen LogP contribution in [-0.4, -0.2) is 22.0 Å². The molecule has 1 aromatic heterocycles. The molecule has 0 saturated carbocycles. The molecule has 0 unspecified atom stereocenters. The molecule has 5 nitrogen and oxygen atoms in total. The summed E-state index contributed by atoms with van der Waals surface area (Å²) in [6.07, 6.45) is 1.75. The number of anilines is 1. The van der Waals surface area contributed by atoms with Crippen LogP contribution in [0.3, 0.4) is 0 Å². The molecule has 0 radical (unpaired) electrons. The SMILES string of the molecule is O=C1Nc2ccccc2C1=C=Nc1ccc2cn[nH]c2c1. The van der Waals surface area contributed by atoms with E-state index >= 15 is 0 Å². The highest BCUT2D eigenvalue weighted by atomic mass is 16.2. The van der Waals surface area contributed by atoms with E-state index in [1.807, 2.05) is 42.5 Å². The van der Waals surface area contributed by atoms with Gasteiger partial charge in [0.25, 0.3) is 5.91 Å². The van der Waals surface area contributed by atoms with E-state index in [0.717, 1.165) is 27.8 Å². The second-order valence-corrected chi connectivity index (χ2v) is 4.74. The standard InChI is InChI=1S/C16H10N4O/c21-16-13(12-3-1-2-4-14(12)19-16)9-17-11-6-5-10-8-18-20-15(10)7-11/h1-8H,(H,18,20)(H,19,21). The van der Waals surface area contributed by atoms with E-state index in [4.69, 9.17) is 0 Å². The zero-order valence-corrected chi connectivity index (χ0v) is 10.9. The molecule has 21 heavy (non-hydrogen) atoms. The second kappa shape index (κ2) is 4.44. The van der Waals surface area contributed by atoms with Crippen LogP contribution in [0.1, 0.15) is 5.56 Å². The number of benzene rings is 2. The number of aliphatic imine (C=N–C) groups is 1. The second-order valence-electron chi connectivity index (χ2n) is 4.74. The highest BCUT2D eigenvalue weighted by Crippen LogP contribution is 2.29. The Morgan fingerprint density at radius 3 is 3.00 bits per heavy atom. The molecule has 2 heterocycles. The first-order valence-electron chi connectivity index (χ1n) is 6.49. The third-order valence-electron chi connectivity index (χ3n) is 3.39. The van der Waals surface area contributed by atoms with E-state index in [9.17, 15) is 4.79 Å². The third-order valence-corrected chi connectivity index (χ3v) is 3.39. The molecule has 0 atom stereocenters. The van der Waals surface area contributed by atoms with Crippen LogP contribution in [0.25, 0.3) is 16.5 Å². The van der Waals surface area contributed by atoms with Gasteiger partial charge in [0.05, 0.1) is 17.4 Å². The first-order chi connectivity index (χ1) is 10.3. The number of nitrogens with zero attached hydrogens (tertiary/aromatic N) is 2. The van der Waals surface area contributed by atoms with E-state index in [1.165, 1.54) is 0 Å². The summed E-state index contributed by atoms with van der Waals surface area (Å²) in [6, 6.07) is 13.2. The van der Waals surface area contributed by atoms with Crippen molar-refractivity contribution in [1.29, 1.82) is 0 Å². The Balaban J connectivity index is 1.81. The molecule has 5 heteroatoms. The summed E-state index contributed by atoms with van der Waals surface area (Å²) in [4.78, 5) is 16.2. The van der Waals surface area contributed by atoms with Crippen LogP contribution in [0, 0.1) is 0 Å². The summed E-state index contributed by atoms with van der Waals surface area (Å²) in [6.45, 7) is 0. The van der Waals surface area contributed by atoms with Gasteiger partial charge in [0.2, 0.25) is 0 Å². The van der Waals surface area contributed by atoms with Crippen molar-refractivity contribution in [3.05, 3.63) is 54.2 Å². The van der Waals surface area contributed by atoms with Crippen molar-refractivity contribution in [2.24, 2.45) is 4.99 Å². The van der Waals surface area contributed by atoms with E-state index in [0.29, 0.717) is 5.57 Å². The van der Waals surface area contributed by atoms with Crippen LogP contribution in [0.5, 0.6) is 0 Å². The number of carbonyl (C=O) groups is 1. The molecule has 1 aliphatic heterocycles. The number of para-hydroxylation sites is 1. The predicted molar refractivity (Wildman–Crippen MR) is 81.7 cm³/mol. The molecule has 0 saturated heterocycles. The van der Waals surface area contributed by atoms with Crippen molar-refractivity contribution in [2.45, 2.75) is 0 Å². The van der Waals surface area contributed by atoms with E-state index in [1.54, 1.807) is 6.20 Å². The summed E-state index contributed by atoms with van der Waals surface area (Å²) >= 11 is 0. The molecular formula is C16H10N4O. The van der Waals surface area contributed by atoms with Gasteiger partial charge in [0, 0.05) is 22.5 Å². The summed E-state index contributed by atoms with van der Waals surface area (Å²) in [5.41, 5.74) is 3.70. The summed E-state index contributed by atoms with van der Waals surface area (Å²) < 4.78 is 0. The number of aromatic nitrogens is 2. The van der Waals surface area contributed by atoms with Gasteiger partial charge in [-0.05, 0) is 24.3 Å². The van der Waals surface area contributed by atoms with E-state index < -0.39 is 0 Å². The lowest BCUT2D eigenvalue weighted by molar-refractivity contribution is -0.110. The maximum Gasteiger partial charge on any atom is 0.265 e. The fourth-order valence-electron chi connectivity index (χ4n) is 2.34. The van der Waals surface area contributed by atoms with E-state index in [2.05, 4.69) is 26.4 Å². The topological polar surface area (TPSA) is 70.1 Å². The zero-order chi connectivity index (χ0) is 14.2. The van der Waals surface area contributed by atoms with Gasteiger partial charge in [-0.1, -0.05) is 18.2 Å². The lowest BCUT2D eigenvalue weighted by Gasteiger charge is -1.93. The zero-order valence-electron chi connectivity index (χ0n) is 10.9. The average molecular weight is 274 g/mol. The number of aromatic amines is 1. The van der Waals surface area contributed by atoms with Crippen molar-refractivity contribution in [3.8, 4) is 0 Å². The number of nitrogens with one attached hydrogen (secondary N) is 2. The first kappa shape index (κ1) is 11.6. The quantitative estimate of drug-likeness (QED) is 0.529. The summed E-state index contributed by atoms with van der Waals surface area (Å²) in [5.74, 6) is 2.68. The van der Waals surface area contributed by atoms with Crippen LogP contribution in [0.15, 0.2) is 53.7 Å². The maximum atomic E-state index is 11.9. The normalized spacial score (nSPS) is 13.0. The van der Waals surface area contributed by atoms with Crippen LogP contribution in [0.4, 0.5) is 11.4 Å². The summed E-state index contributed by atoms with van der Waals surface area (Å²) in [7, 11) is 0. The van der Waals surface area contributed by atoms with Gasteiger partial charge in [0.1, 0.15) is 5.57 Å². The Hall–Kier alpha value is -3.17. The van der Waals surface area contributed by atoms with Gasteiger partial charge in [0.15, 0.2) is 0 Å². The van der Waals surface area contributed by atoms with Gasteiger partial charge in [-0.15, -0.1) is 0 Å². The van der Waals surface area contributed by atoms with Gasteiger partial charge in [-0.25, -0.2) is 4.99 Å². The van der Waals surface area contributed by atoms with Crippen molar-refractivity contribution in [2.75, 3.05) is 5.32 Å². The number of rotatable bonds is 1. The Labute approximate surface area is 120 Å². The number of amides is 1. The highest BCUT2D eigenvalue weighted by molar-refractivity contribution is 6.38. The number of carbonyl (C=O) groups excluding carboxylic acids is 1. The molecule has 4 rings (SSSR count). The fourth-order valence-corrected chi connectivity index (χ4v) is 2.34. The fraction of sp³-hybridized carbons (Fsp3) is 0. The number of H-pyrrole nitrogens is 1. The molecule has 3 aromatic rings. The van der Waals surface area contributed by atoms with Crippen molar-refractivity contribution < 1.29 is 4.79 Å². The minimum Gasteiger partial charge on any atom is -0.321 e. The Kier molecular flexibility index (Phi) is 2.46. The van der Waals surface area contributed by atoms with Crippen molar-refractivity contribution in [1.82, 2.24) is 10.2 Å². The molecule has 1 amide bonds. The summed E-state index contributed by atoms with van der Waals surface area (Å²) in [5, 5.41) is 10.7. The molecule has 0 fully saturated rings. The number of fused-ring (bicyclic) bond motifs is 2. The van der Waals surface area contributed by atoms with Crippen LogP contribution in [-0.2, 0) is 4.79 Å². The first-order valence-corrected chi connectivity index (χ1v) is 6.49. The van der Waals surface area contributed by atoms with Crippen LogP contribution in [0.2, 0.25) is 0 Å². The highest BCUT2D eigenvalue weighted by Gasteiger charge is 2.23. The molecule has 100 valence electrons. The van der Waals surface area contributed by atoms with Crippen molar-refractivity contribution >= 4 is 39.6 Å². The lowest BCUT2D eigenvalue weighted by Crippen LogP contribution is -2.03. The Morgan fingerprint density at radius 1 is 1.14 bits per heavy atom. The largest absolute Gasteiger partial charge is 0.321 e. The van der Waals surface area contributed by atoms with Crippen molar-refractivity contribution in [3.63, 3.8) is 0 Å². The minimum absolute atomic E-state index is 0.178. The average Bonchev–Trinajstić information content (AvgIpc) is 3.08. The Bertz CT molecular complexity index is 932. The number of hydrogen-bond acceptors (Lipinski definition) is 3. The van der Waals surface area contributed by atoms with Gasteiger partial charge in [-0.2, -0.15) is 5.10 Å². The van der Waals surface area contributed by atoms with Crippen LogP contribution < -0.4 is 5.32 Å². The molecule has 2 aromatic carbocycles. The molecule has 2 N–H and O–H groups in total. The van der Waals surface area contributed by atoms with Gasteiger partial charge in [-0.3, -0.25) is 9.89 Å². The van der Waals surface area contributed by atoms with Gasteiger partial charge < -0.3 is 5.32 Å². The minimum atomic E-state index is -0.178. The lowest BCUT2D eigenvalue weighted by atomic mass is 10.1. The molecule has 0 aliphatic carbocycles. The molecule has 1 aliphatic rings. The van der Waals surface area contributed by atoms with Crippen LogP contribution >= 0.6 is 0 Å². The molecular weight excluding hydrogens is 264 g/mol. The molecule has 0 spiro atoms. The Morgan fingerprint density at radius 2 is 2.05 bits per heavy atom. The molecule has 0 bridgehead atoms. The van der Waals surface area contributed by atoms with Gasteiger partial charge >= 0.3 is 0 Å². The monoisotopic (exact) mass is 274 g/mol. The third kappa shape index (κ3) is 1.93. The maximum absolute atomic E-state index is 11.9. The predicted octanol–water partition coefficient (Wildman–Crippen LogP) is 2.90. The number of hydrogen-bond donors (Lipinski definition) is 2. The van der Waals surface area contributed by atoms with E-state index in [-0.39, 0.29) is 5.91 Å². The smallest absolute Gasteiger partial charge is 0.265 e.